The zero-order valence-corrected chi connectivity index (χ0v) is 13.9. The number of benzene rings is 1. The van der Waals surface area contributed by atoms with E-state index in [-0.39, 0.29) is 18.0 Å². The summed E-state index contributed by atoms with van der Waals surface area (Å²) in [5.74, 6) is 0.158. The maximum Gasteiger partial charge on any atom is 0.226 e. The van der Waals surface area contributed by atoms with Crippen molar-refractivity contribution in [1.29, 1.82) is 0 Å². The maximum atomic E-state index is 13.2. The molecule has 0 N–H and O–H groups in total. The van der Waals surface area contributed by atoms with Crippen LogP contribution < -0.4 is 0 Å². The monoisotopic (exact) mass is 371 g/mol. The van der Waals surface area contributed by atoms with Crippen LogP contribution >= 0.6 is 15.9 Å². The number of ether oxygens (including phenoxy) is 2. The van der Waals surface area contributed by atoms with Crippen LogP contribution in [0, 0.1) is 11.7 Å². The van der Waals surface area contributed by atoms with E-state index >= 15 is 0 Å². The highest BCUT2D eigenvalue weighted by atomic mass is 79.9. The number of halogens is 2. The van der Waals surface area contributed by atoms with Crippen molar-refractivity contribution in [3.05, 3.63) is 34.1 Å². The van der Waals surface area contributed by atoms with Gasteiger partial charge in [-0.05, 0) is 46.5 Å². The Balaban J connectivity index is 1.52. The molecule has 22 heavy (non-hydrogen) atoms. The van der Waals surface area contributed by atoms with Crippen molar-refractivity contribution in [2.24, 2.45) is 5.92 Å². The molecule has 6 heteroatoms. The van der Waals surface area contributed by atoms with Crippen molar-refractivity contribution in [2.45, 2.75) is 25.6 Å². The van der Waals surface area contributed by atoms with Gasteiger partial charge in [-0.15, -0.1) is 0 Å². The van der Waals surface area contributed by atoms with E-state index in [2.05, 4.69) is 15.9 Å². The number of amides is 1. The van der Waals surface area contributed by atoms with Crippen molar-refractivity contribution >= 4 is 21.8 Å². The second-order valence-corrected chi connectivity index (χ2v) is 6.61. The minimum absolute atomic E-state index is 0.0882. The Labute approximate surface area is 137 Å². The summed E-state index contributed by atoms with van der Waals surface area (Å²) in [5.41, 5.74) is 0.822. The number of hydrogen-bond acceptors (Lipinski definition) is 3. The standard InChI is InChI=1S/C16H19BrFNO3/c17-13-9-11(1-2-14(13)18)10-15(20)19-5-3-12(4-6-19)16-21-7-8-22-16/h1-2,9,12,16H,3-8,10H2. The Morgan fingerprint density at radius 3 is 2.59 bits per heavy atom. The third kappa shape index (κ3) is 3.67. The van der Waals surface area contributed by atoms with Crippen LogP contribution in [0.1, 0.15) is 18.4 Å². The Morgan fingerprint density at radius 2 is 1.95 bits per heavy atom. The van der Waals surface area contributed by atoms with Gasteiger partial charge in [-0.2, -0.15) is 0 Å². The molecule has 0 unspecified atom stereocenters. The van der Waals surface area contributed by atoms with E-state index in [1.165, 1.54) is 6.07 Å². The first kappa shape index (κ1) is 15.9. The van der Waals surface area contributed by atoms with Crippen molar-refractivity contribution in [1.82, 2.24) is 4.90 Å². The summed E-state index contributed by atoms with van der Waals surface area (Å²) in [6.07, 6.45) is 2.03. The van der Waals surface area contributed by atoms with Crippen LogP contribution in [0.15, 0.2) is 22.7 Å². The molecule has 0 aliphatic carbocycles. The average Bonchev–Trinajstić information content (AvgIpc) is 3.05. The molecule has 0 spiro atoms. The Hall–Kier alpha value is -0.980. The van der Waals surface area contributed by atoms with Crippen molar-refractivity contribution in [2.75, 3.05) is 26.3 Å². The topological polar surface area (TPSA) is 38.8 Å². The molecule has 2 aliphatic rings. The highest BCUT2D eigenvalue weighted by Gasteiger charge is 2.31. The Bertz CT molecular complexity index is 540. The van der Waals surface area contributed by atoms with Gasteiger partial charge in [0.25, 0.3) is 0 Å². The molecule has 0 radical (unpaired) electrons. The SMILES string of the molecule is O=C(Cc1ccc(F)c(Br)c1)N1CCC(C2OCCO2)CC1. The fraction of sp³-hybridized carbons (Fsp3) is 0.562. The van der Waals surface area contributed by atoms with Crippen LogP contribution in [0.3, 0.4) is 0 Å². The van der Waals surface area contributed by atoms with Crippen LogP contribution in [0.4, 0.5) is 4.39 Å². The summed E-state index contributed by atoms with van der Waals surface area (Å²) in [7, 11) is 0. The Morgan fingerprint density at radius 1 is 1.27 bits per heavy atom. The summed E-state index contributed by atoms with van der Waals surface area (Å²) in [6.45, 7) is 2.80. The van der Waals surface area contributed by atoms with E-state index in [1.54, 1.807) is 12.1 Å². The largest absolute Gasteiger partial charge is 0.350 e. The molecule has 0 saturated carbocycles. The lowest BCUT2D eigenvalue weighted by Gasteiger charge is -2.34. The number of nitrogens with zero attached hydrogens (tertiary/aromatic N) is 1. The molecule has 1 aromatic carbocycles. The molecule has 4 nitrogen and oxygen atoms in total. The van der Waals surface area contributed by atoms with Gasteiger partial charge in [0.1, 0.15) is 5.82 Å². The van der Waals surface area contributed by atoms with Crippen molar-refractivity contribution < 1.29 is 18.7 Å². The Kier molecular flexibility index (Phi) is 5.10. The van der Waals surface area contributed by atoms with Crippen molar-refractivity contribution in [3.8, 4) is 0 Å². The molecule has 1 amide bonds. The number of carbonyl (C=O) groups is 1. The lowest BCUT2D eigenvalue weighted by molar-refractivity contribution is -0.136. The quantitative estimate of drug-likeness (QED) is 0.819. The van der Waals surface area contributed by atoms with E-state index in [0.717, 1.165) is 31.5 Å². The first-order valence-corrected chi connectivity index (χ1v) is 8.37. The molecule has 120 valence electrons. The molecule has 3 rings (SSSR count). The van der Waals surface area contributed by atoms with E-state index in [9.17, 15) is 9.18 Å². The number of piperidine rings is 1. The van der Waals surface area contributed by atoms with Gasteiger partial charge >= 0.3 is 0 Å². The average molecular weight is 372 g/mol. The minimum atomic E-state index is -0.312. The van der Waals surface area contributed by atoms with Gasteiger partial charge < -0.3 is 14.4 Å². The predicted octanol–water partition coefficient (Wildman–Crippen LogP) is 2.74. The third-order valence-corrected chi connectivity index (χ3v) is 4.87. The number of rotatable bonds is 3. The van der Waals surface area contributed by atoms with E-state index in [4.69, 9.17) is 9.47 Å². The zero-order chi connectivity index (χ0) is 15.5. The number of carbonyl (C=O) groups excluding carboxylic acids is 1. The van der Waals surface area contributed by atoms with Gasteiger partial charge in [0.15, 0.2) is 6.29 Å². The lowest BCUT2D eigenvalue weighted by atomic mass is 9.95. The third-order valence-electron chi connectivity index (χ3n) is 4.26. The summed E-state index contributed by atoms with van der Waals surface area (Å²) >= 11 is 3.15. The van der Waals surface area contributed by atoms with Crippen LogP contribution in [0.25, 0.3) is 0 Å². The highest BCUT2D eigenvalue weighted by Crippen LogP contribution is 2.26. The summed E-state index contributed by atoms with van der Waals surface area (Å²) < 4.78 is 24.7. The van der Waals surface area contributed by atoms with Gasteiger partial charge in [0, 0.05) is 19.0 Å². The normalized spacial score (nSPS) is 20.5. The molecular weight excluding hydrogens is 353 g/mol. The van der Waals surface area contributed by atoms with Gasteiger partial charge in [-0.25, -0.2) is 4.39 Å². The first-order chi connectivity index (χ1) is 10.6. The van der Waals surface area contributed by atoms with Crippen LogP contribution in [-0.4, -0.2) is 43.4 Å². The van der Waals surface area contributed by atoms with Gasteiger partial charge in [0.2, 0.25) is 5.91 Å². The molecular formula is C16H19BrFNO3. The lowest BCUT2D eigenvalue weighted by Crippen LogP contribution is -2.42. The molecule has 2 aliphatic heterocycles. The molecule has 1 aromatic rings. The summed E-state index contributed by atoms with van der Waals surface area (Å²) in [6, 6.07) is 4.71. The molecule has 0 aromatic heterocycles. The minimum Gasteiger partial charge on any atom is -0.350 e. The van der Waals surface area contributed by atoms with E-state index in [1.807, 2.05) is 4.90 Å². The first-order valence-electron chi connectivity index (χ1n) is 7.58. The van der Waals surface area contributed by atoms with Gasteiger partial charge in [0.05, 0.1) is 24.1 Å². The zero-order valence-electron chi connectivity index (χ0n) is 12.3. The fourth-order valence-corrected chi connectivity index (χ4v) is 3.43. The maximum absolute atomic E-state index is 13.2. The number of likely N-dealkylation sites (tertiary alicyclic amines) is 1. The second-order valence-electron chi connectivity index (χ2n) is 5.75. The van der Waals surface area contributed by atoms with Crippen LogP contribution in [0.5, 0.6) is 0 Å². The molecule has 0 bridgehead atoms. The number of hydrogen-bond donors (Lipinski definition) is 0. The van der Waals surface area contributed by atoms with E-state index < -0.39 is 0 Å². The highest BCUT2D eigenvalue weighted by molar-refractivity contribution is 9.10. The summed E-state index contributed by atoms with van der Waals surface area (Å²) in [5, 5.41) is 0. The van der Waals surface area contributed by atoms with Gasteiger partial charge in [-0.3, -0.25) is 4.79 Å². The molecule has 2 fully saturated rings. The van der Waals surface area contributed by atoms with Crippen molar-refractivity contribution in [3.63, 3.8) is 0 Å². The van der Waals surface area contributed by atoms with Crippen LogP contribution in [-0.2, 0) is 20.7 Å². The molecule has 0 atom stereocenters. The van der Waals surface area contributed by atoms with Crippen LogP contribution in [0.2, 0.25) is 0 Å². The smallest absolute Gasteiger partial charge is 0.226 e. The fourth-order valence-electron chi connectivity index (χ4n) is 3.01. The predicted molar refractivity (Wildman–Crippen MR) is 82.8 cm³/mol. The molecule has 2 saturated heterocycles. The van der Waals surface area contributed by atoms with E-state index in [0.29, 0.717) is 30.0 Å². The second kappa shape index (κ2) is 7.06. The summed E-state index contributed by atoms with van der Waals surface area (Å²) in [4.78, 5) is 14.2. The van der Waals surface area contributed by atoms with Gasteiger partial charge in [-0.1, -0.05) is 6.07 Å². The molecule has 2 heterocycles.